The number of rotatable bonds is 10. The van der Waals surface area contributed by atoms with Gasteiger partial charge in [-0.2, -0.15) is 0 Å². The fourth-order valence-electron chi connectivity index (χ4n) is 5.32. The Morgan fingerprint density at radius 1 is 1.08 bits per heavy atom. The molecule has 8 nitrogen and oxygen atoms in total. The van der Waals surface area contributed by atoms with E-state index in [1.165, 1.54) is 0 Å². The summed E-state index contributed by atoms with van der Waals surface area (Å²) in [5.74, 6) is 0.720. The third kappa shape index (κ3) is 5.43. The van der Waals surface area contributed by atoms with Crippen LogP contribution in [0, 0.1) is 5.41 Å². The van der Waals surface area contributed by atoms with Gasteiger partial charge in [-0.05, 0) is 53.5 Å². The number of unbranched alkanes of at least 4 members (excludes halogenated alkanes) is 1. The van der Waals surface area contributed by atoms with Gasteiger partial charge in [-0.1, -0.05) is 62.6 Å². The van der Waals surface area contributed by atoms with E-state index in [0.29, 0.717) is 25.3 Å². The minimum absolute atomic E-state index is 0.127. The normalized spacial score (nSPS) is 14.6. The van der Waals surface area contributed by atoms with Gasteiger partial charge >= 0.3 is 0 Å². The van der Waals surface area contributed by atoms with Crippen LogP contribution in [0.2, 0.25) is 0 Å². The predicted molar refractivity (Wildman–Crippen MR) is 142 cm³/mol. The van der Waals surface area contributed by atoms with Crippen molar-refractivity contribution in [2.24, 2.45) is 5.41 Å². The second-order valence-corrected chi connectivity index (χ2v) is 10.1. The average Bonchev–Trinajstić information content (AvgIpc) is 3.64. The molecule has 0 radical (unpaired) electrons. The third-order valence-corrected chi connectivity index (χ3v) is 7.38. The van der Waals surface area contributed by atoms with Gasteiger partial charge in [-0.3, -0.25) is 4.79 Å². The van der Waals surface area contributed by atoms with Crippen LogP contribution in [-0.2, 0) is 16.1 Å². The molecule has 0 unspecified atom stereocenters. The number of aldehydes is 1. The van der Waals surface area contributed by atoms with E-state index in [9.17, 15) is 9.59 Å². The van der Waals surface area contributed by atoms with Crippen LogP contribution in [0.25, 0.3) is 33.5 Å². The van der Waals surface area contributed by atoms with Crippen LogP contribution in [0.1, 0.15) is 57.4 Å². The minimum atomic E-state index is -0.401. The smallest absolute Gasteiger partial charge is 0.222 e. The van der Waals surface area contributed by atoms with Gasteiger partial charge in [0.1, 0.15) is 6.29 Å². The molecule has 0 bridgehead atoms. The van der Waals surface area contributed by atoms with E-state index in [0.717, 1.165) is 78.1 Å². The molecular formula is C29H32N6O2. The number of amides is 1. The summed E-state index contributed by atoms with van der Waals surface area (Å²) in [5, 5.41) is 15.3. The Bertz CT molecular complexity index is 1380. The first-order valence-corrected chi connectivity index (χ1v) is 13.1. The zero-order valence-corrected chi connectivity index (χ0v) is 21.2. The topological polar surface area (TPSA) is 105 Å². The molecule has 1 aliphatic rings. The first kappa shape index (κ1) is 24.7. The number of tetrazole rings is 1. The molecule has 2 aromatic carbocycles. The molecule has 1 saturated carbocycles. The van der Waals surface area contributed by atoms with Gasteiger partial charge in [0.2, 0.25) is 5.91 Å². The Hall–Kier alpha value is -3.94. The van der Waals surface area contributed by atoms with Crippen LogP contribution in [0.5, 0.6) is 0 Å². The molecule has 190 valence electrons. The van der Waals surface area contributed by atoms with Crippen LogP contribution in [0.3, 0.4) is 0 Å². The van der Waals surface area contributed by atoms with E-state index in [1.807, 2.05) is 47.4 Å². The van der Waals surface area contributed by atoms with E-state index in [2.05, 4.69) is 39.7 Å². The average molecular weight is 497 g/mol. The lowest BCUT2D eigenvalue weighted by molar-refractivity contribution is -0.134. The number of benzene rings is 2. The van der Waals surface area contributed by atoms with Crippen LogP contribution in [0.4, 0.5) is 0 Å². The van der Waals surface area contributed by atoms with E-state index >= 15 is 0 Å². The van der Waals surface area contributed by atoms with Crippen LogP contribution in [-0.4, -0.2) is 49.2 Å². The summed E-state index contributed by atoms with van der Waals surface area (Å²) in [7, 11) is 0. The molecule has 1 aliphatic carbocycles. The van der Waals surface area contributed by atoms with E-state index in [-0.39, 0.29) is 5.91 Å². The number of H-pyrrole nitrogens is 1. The monoisotopic (exact) mass is 496 g/mol. The SMILES string of the molecule is CCCCC(=O)N(Cc1ccc2nc(-c3ccccc3-c3nnn[nH]3)ccc2c1)CC1(C=O)CCCC1. The quantitative estimate of drug-likeness (QED) is 0.296. The van der Waals surface area contributed by atoms with Crippen molar-refractivity contribution < 1.29 is 9.59 Å². The molecule has 4 aromatic rings. The molecule has 1 N–H and O–H groups in total. The maximum absolute atomic E-state index is 13.1. The largest absolute Gasteiger partial charge is 0.337 e. The molecule has 1 fully saturated rings. The van der Waals surface area contributed by atoms with Crippen LogP contribution >= 0.6 is 0 Å². The minimum Gasteiger partial charge on any atom is -0.337 e. The highest BCUT2D eigenvalue weighted by Crippen LogP contribution is 2.37. The number of carbonyl (C=O) groups excluding carboxylic acids is 2. The highest BCUT2D eigenvalue weighted by molar-refractivity contribution is 5.85. The number of nitrogens with one attached hydrogen (secondary N) is 1. The summed E-state index contributed by atoms with van der Waals surface area (Å²) in [4.78, 5) is 32.0. The van der Waals surface area contributed by atoms with Crippen molar-refractivity contribution >= 4 is 23.1 Å². The molecule has 2 aromatic heterocycles. The summed E-state index contributed by atoms with van der Waals surface area (Å²) in [6, 6.07) is 18.1. The Morgan fingerprint density at radius 3 is 2.62 bits per heavy atom. The van der Waals surface area contributed by atoms with Gasteiger partial charge in [0.15, 0.2) is 5.82 Å². The summed E-state index contributed by atoms with van der Waals surface area (Å²) < 4.78 is 0. The summed E-state index contributed by atoms with van der Waals surface area (Å²) in [5.41, 5.74) is 4.16. The molecule has 0 saturated heterocycles. The fraction of sp³-hybridized carbons (Fsp3) is 0.379. The number of carbonyl (C=O) groups is 2. The zero-order valence-electron chi connectivity index (χ0n) is 21.2. The van der Waals surface area contributed by atoms with Crippen LogP contribution < -0.4 is 0 Å². The van der Waals surface area contributed by atoms with Crippen molar-refractivity contribution in [1.82, 2.24) is 30.5 Å². The molecule has 2 heterocycles. The molecule has 37 heavy (non-hydrogen) atoms. The van der Waals surface area contributed by atoms with Gasteiger partial charge in [0.25, 0.3) is 0 Å². The Kier molecular flexibility index (Phi) is 7.35. The number of hydrogen-bond donors (Lipinski definition) is 1. The standard InChI is InChI=1S/C29H32N6O2/c1-2-3-10-27(37)35(19-29(20-36)15-6-7-16-29)18-21-11-13-25-22(17-21)12-14-26(30-25)23-8-4-5-9-24(23)28-31-33-34-32-28/h4-5,8-9,11-14,17,20H,2-3,6-7,10,15-16,18-19H2,1H3,(H,31,32,33,34). The first-order valence-electron chi connectivity index (χ1n) is 13.1. The fourth-order valence-corrected chi connectivity index (χ4v) is 5.32. The lowest BCUT2D eigenvalue weighted by Gasteiger charge is -2.31. The van der Waals surface area contributed by atoms with Crippen molar-refractivity contribution in [2.75, 3.05) is 6.54 Å². The van der Waals surface area contributed by atoms with E-state index < -0.39 is 5.41 Å². The van der Waals surface area contributed by atoms with Gasteiger partial charge < -0.3 is 9.69 Å². The number of pyridine rings is 1. The van der Waals surface area contributed by atoms with E-state index in [4.69, 9.17) is 4.98 Å². The number of aromatic amines is 1. The van der Waals surface area contributed by atoms with Crippen molar-refractivity contribution in [3.63, 3.8) is 0 Å². The lowest BCUT2D eigenvalue weighted by atomic mass is 9.87. The Balaban J connectivity index is 1.41. The zero-order chi connectivity index (χ0) is 25.7. The molecule has 8 heteroatoms. The van der Waals surface area contributed by atoms with Gasteiger partial charge in [0.05, 0.1) is 11.2 Å². The number of fused-ring (bicyclic) bond motifs is 1. The van der Waals surface area contributed by atoms with Gasteiger partial charge in [-0.15, -0.1) is 5.10 Å². The number of hydrogen-bond acceptors (Lipinski definition) is 6. The second-order valence-electron chi connectivity index (χ2n) is 10.1. The molecule has 0 spiro atoms. The number of nitrogens with zero attached hydrogens (tertiary/aromatic N) is 5. The highest BCUT2D eigenvalue weighted by atomic mass is 16.2. The maximum atomic E-state index is 13.1. The van der Waals surface area contributed by atoms with Gasteiger partial charge in [0, 0.05) is 41.4 Å². The Morgan fingerprint density at radius 2 is 1.89 bits per heavy atom. The van der Waals surface area contributed by atoms with E-state index in [1.54, 1.807) is 0 Å². The molecule has 0 aliphatic heterocycles. The summed E-state index contributed by atoms with van der Waals surface area (Å²) in [6.07, 6.45) is 7.28. The second kappa shape index (κ2) is 11.0. The highest BCUT2D eigenvalue weighted by Gasteiger charge is 2.36. The molecule has 1 amide bonds. The molecule has 0 atom stereocenters. The Labute approximate surface area is 216 Å². The first-order chi connectivity index (χ1) is 18.1. The number of aromatic nitrogens is 5. The van der Waals surface area contributed by atoms with Crippen molar-refractivity contribution in [1.29, 1.82) is 0 Å². The van der Waals surface area contributed by atoms with Gasteiger partial charge in [-0.25, -0.2) is 10.1 Å². The van der Waals surface area contributed by atoms with Crippen molar-refractivity contribution in [3.8, 4) is 22.6 Å². The van der Waals surface area contributed by atoms with Crippen molar-refractivity contribution in [3.05, 3.63) is 60.2 Å². The summed E-state index contributed by atoms with van der Waals surface area (Å²) >= 11 is 0. The maximum Gasteiger partial charge on any atom is 0.222 e. The summed E-state index contributed by atoms with van der Waals surface area (Å²) in [6.45, 7) is 3.09. The lowest BCUT2D eigenvalue weighted by Crippen LogP contribution is -2.40. The predicted octanol–water partition coefficient (Wildman–Crippen LogP) is 5.36. The van der Waals surface area contributed by atoms with Crippen molar-refractivity contribution in [2.45, 2.75) is 58.4 Å². The molecular weight excluding hydrogens is 464 g/mol. The third-order valence-electron chi connectivity index (χ3n) is 7.38. The molecule has 5 rings (SSSR count). The van der Waals surface area contributed by atoms with Crippen LogP contribution in [0.15, 0.2) is 54.6 Å².